The number of nitrogens with zero attached hydrogens (tertiary/aromatic N) is 1. The van der Waals surface area contributed by atoms with Crippen molar-refractivity contribution in [2.75, 3.05) is 17.2 Å². The van der Waals surface area contributed by atoms with Gasteiger partial charge < -0.3 is 10.6 Å². The van der Waals surface area contributed by atoms with Gasteiger partial charge in [0.1, 0.15) is 11.0 Å². The molecule has 2 spiro atoms. The van der Waals surface area contributed by atoms with Crippen LogP contribution in [0.3, 0.4) is 0 Å². The Kier molecular flexibility index (Phi) is 4.05. The summed E-state index contributed by atoms with van der Waals surface area (Å²) in [4.78, 5) is 45.3. The zero-order valence-corrected chi connectivity index (χ0v) is 19.4. The van der Waals surface area contributed by atoms with Gasteiger partial charge in [0.25, 0.3) is 5.91 Å². The van der Waals surface area contributed by atoms with Gasteiger partial charge in [0.2, 0.25) is 5.91 Å². The normalized spacial score (nSPS) is 30.3. The number of aryl methyl sites for hydroxylation is 1. The first-order valence-electron chi connectivity index (χ1n) is 12.2. The average Bonchev–Trinajstić information content (AvgIpc) is 3.59. The molecule has 3 aromatic carbocycles. The van der Waals surface area contributed by atoms with Gasteiger partial charge in [0.05, 0.1) is 5.92 Å². The van der Waals surface area contributed by atoms with E-state index in [2.05, 4.69) is 15.5 Å². The van der Waals surface area contributed by atoms with Crippen LogP contribution in [-0.2, 0) is 20.5 Å². The summed E-state index contributed by atoms with van der Waals surface area (Å²) in [6, 6.07) is 22.4. The summed E-state index contributed by atoms with van der Waals surface area (Å²) < 4.78 is 0. The number of carbonyl (C=O) groups is 3. The van der Waals surface area contributed by atoms with Gasteiger partial charge in [-0.3, -0.25) is 19.3 Å². The van der Waals surface area contributed by atoms with Gasteiger partial charge in [-0.15, -0.1) is 0 Å². The van der Waals surface area contributed by atoms with E-state index >= 15 is 0 Å². The number of anilines is 2. The molecule has 2 fully saturated rings. The minimum Gasteiger partial charge on any atom is -0.325 e. The Labute approximate surface area is 203 Å². The molecule has 4 atom stereocenters. The largest absolute Gasteiger partial charge is 0.325 e. The van der Waals surface area contributed by atoms with Gasteiger partial charge in [0.15, 0.2) is 5.78 Å². The highest BCUT2D eigenvalue weighted by atomic mass is 16.2. The molecule has 0 bridgehead atoms. The molecule has 2 saturated heterocycles. The smallest absolute Gasteiger partial charge is 0.251 e. The molecule has 0 aliphatic carbocycles. The molecule has 0 saturated carbocycles. The van der Waals surface area contributed by atoms with E-state index in [0.717, 1.165) is 35.2 Å². The number of hydrogen-bond donors (Lipinski definition) is 2. The quantitative estimate of drug-likeness (QED) is 0.563. The monoisotopic (exact) mass is 463 g/mol. The van der Waals surface area contributed by atoms with Crippen molar-refractivity contribution < 1.29 is 14.4 Å². The van der Waals surface area contributed by atoms with Gasteiger partial charge in [0, 0.05) is 28.5 Å². The highest BCUT2D eigenvalue weighted by Gasteiger charge is 2.81. The number of hydrogen-bond acceptors (Lipinski definition) is 4. The lowest BCUT2D eigenvalue weighted by Gasteiger charge is -2.43. The Morgan fingerprint density at radius 1 is 0.886 bits per heavy atom. The summed E-state index contributed by atoms with van der Waals surface area (Å²) in [5.74, 6) is -1.27. The van der Waals surface area contributed by atoms with Crippen LogP contribution in [0, 0.1) is 12.8 Å². The van der Waals surface area contributed by atoms with Crippen molar-refractivity contribution in [3.8, 4) is 0 Å². The van der Waals surface area contributed by atoms with E-state index in [-0.39, 0.29) is 23.6 Å². The molecule has 35 heavy (non-hydrogen) atoms. The Balaban J connectivity index is 1.61. The summed E-state index contributed by atoms with van der Waals surface area (Å²) in [5, 5.41) is 6.22. The van der Waals surface area contributed by atoms with Gasteiger partial charge in [-0.1, -0.05) is 66.7 Å². The third-order valence-electron chi connectivity index (χ3n) is 8.68. The SMILES string of the molecule is Cc1cccc2c1NC(=O)[C@@]21N2CCC[C@H]2[C@@H](C(=O)c2ccccc2)[C@@]12C(=O)Nc1ccccc12. The maximum absolute atomic E-state index is 14.4. The first kappa shape index (κ1) is 20.6. The highest BCUT2D eigenvalue weighted by molar-refractivity contribution is 6.21. The Hall–Kier alpha value is -3.77. The van der Waals surface area contributed by atoms with Crippen molar-refractivity contribution in [3.63, 3.8) is 0 Å². The van der Waals surface area contributed by atoms with Crippen molar-refractivity contribution >= 4 is 29.0 Å². The van der Waals surface area contributed by atoms with Crippen LogP contribution < -0.4 is 10.6 Å². The molecule has 4 aliphatic heterocycles. The third kappa shape index (κ3) is 2.22. The van der Waals surface area contributed by atoms with E-state index in [0.29, 0.717) is 17.8 Å². The molecule has 4 aliphatic rings. The average molecular weight is 464 g/mol. The zero-order valence-electron chi connectivity index (χ0n) is 19.4. The van der Waals surface area contributed by atoms with E-state index in [9.17, 15) is 14.4 Å². The predicted octanol–water partition coefficient (Wildman–Crippen LogP) is 4.01. The van der Waals surface area contributed by atoms with E-state index in [1.807, 2.05) is 79.7 Å². The lowest BCUT2D eigenvalue weighted by Crippen LogP contribution is -2.62. The van der Waals surface area contributed by atoms with Crippen molar-refractivity contribution in [1.29, 1.82) is 0 Å². The number of amides is 2. The van der Waals surface area contributed by atoms with Crippen LogP contribution in [0.1, 0.15) is 39.9 Å². The van der Waals surface area contributed by atoms with Gasteiger partial charge >= 0.3 is 0 Å². The van der Waals surface area contributed by atoms with Crippen molar-refractivity contribution in [2.45, 2.75) is 36.8 Å². The first-order valence-corrected chi connectivity index (χ1v) is 12.2. The van der Waals surface area contributed by atoms with Gasteiger partial charge in [-0.05, 0) is 43.5 Å². The fourth-order valence-corrected chi connectivity index (χ4v) is 7.53. The second kappa shape index (κ2) is 6.89. The Morgan fingerprint density at radius 2 is 1.63 bits per heavy atom. The van der Waals surface area contributed by atoms with Crippen molar-refractivity contribution in [2.24, 2.45) is 5.92 Å². The second-order valence-corrected chi connectivity index (χ2v) is 10.1. The summed E-state index contributed by atoms with van der Waals surface area (Å²) in [6.07, 6.45) is 1.63. The molecule has 2 N–H and O–H groups in total. The number of Topliss-reactive ketones (excluding diaryl/α,β-unsaturated/α-hetero) is 1. The van der Waals surface area contributed by atoms with Crippen LogP contribution in [0.2, 0.25) is 0 Å². The van der Waals surface area contributed by atoms with Crippen LogP contribution in [0.15, 0.2) is 72.8 Å². The van der Waals surface area contributed by atoms with Crippen LogP contribution >= 0.6 is 0 Å². The molecule has 3 aromatic rings. The van der Waals surface area contributed by atoms with E-state index in [1.54, 1.807) is 0 Å². The summed E-state index contributed by atoms with van der Waals surface area (Å²) in [5.41, 5.74) is 1.79. The van der Waals surface area contributed by atoms with Crippen molar-refractivity contribution in [3.05, 3.63) is 95.1 Å². The number of para-hydroxylation sites is 2. The molecule has 6 nitrogen and oxygen atoms in total. The third-order valence-corrected chi connectivity index (χ3v) is 8.68. The number of carbonyl (C=O) groups excluding carboxylic acids is 3. The number of nitrogens with one attached hydrogen (secondary N) is 2. The Morgan fingerprint density at radius 3 is 2.46 bits per heavy atom. The highest BCUT2D eigenvalue weighted by Crippen LogP contribution is 2.68. The zero-order chi connectivity index (χ0) is 23.9. The lowest BCUT2D eigenvalue weighted by molar-refractivity contribution is -0.137. The predicted molar refractivity (Wildman–Crippen MR) is 132 cm³/mol. The molecule has 6 heteroatoms. The molecule has 174 valence electrons. The molecule has 2 amide bonds. The van der Waals surface area contributed by atoms with Crippen molar-refractivity contribution in [1.82, 2.24) is 4.90 Å². The van der Waals surface area contributed by atoms with Crippen LogP contribution in [0.4, 0.5) is 11.4 Å². The molecular formula is C29H25N3O3. The number of fused-ring (bicyclic) bond motifs is 7. The van der Waals surface area contributed by atoms with Gasteiger partial charge in [-0.2, -0.15) is 0 Å². The first-order chi connectivity index (χ1) is 17.0. The van der Waals surface area contributed by atoms with E-state index < -0.39 is 16.9 Å². The maximum atomic E-state index is 14.4. The fourth-order valence-electron chi connectivity index (χ4n) is 7.53. The van der Waals surface area contributed by atoms with Gasteiger partial charge in [-0.25, -0.2) is 0 Å². The second-order valence-electron chi connectivity index (χ2n) is 10.1. The molecule has 4 heterocycles. The lowest BCUT2D eigenvalue weighted by atomic mass is 9.57. The van der Waals surface area contributed by atoms with Crippen LogP contribution in [-0.4, -0.2) is 35.1 Å². The molecule has 7 rings (SSSR count). The van der Waals surface area contributed by atoms with Crippen LogP contribution in [0.25, 0.3) is 0 Å². The van der Waals surface area contributed by atoms with Crippen LogP contribution in [0.5, 0.6) is 0 Å². The van der Waals surface area contributed by atoms with E-state index in [1.165, 1.54) is 0 Å². The summed E-state index contributed by atoms with van der Waals surface area (Å²) in [6.45, 7) is 2.62. The molecular weight excluding hydrogens is 438 g/mol. The maximum Gasteiger partial charge on any atom is 0.251 e. The standard InChI is InChI=1S/C29H25N3O3/c1-17-9-7-13-20-24(17)31-27(35)29(20)28(19-12-5-6-14-21(19)30-26(28)34)23(22-15-8-16-32(22)29)25(33)18-10-3-2-4-11-18/h2-7,9-14,22-23H,8,15-16H2,1H3,(H,30,34)(H,31,35)/t22-,23-,28-,29-/m0/s1. The summed E-state index contributed by atoms with van der Waals surface area (Å²) in [7, 11) is 0. The molecule has 0 unspecified atom stereocenters. The summed E-state index contributed by atoms with van der Waals surface area (Å²) >= 11 is 0. The molecule has 0 radical (unpaired) electrons. The number of rotatable bonds is 2. The topological polar surface area (TPSA) is 78.5 Å². The number of ketones is 1. The molecule has 0 aromatic heterocycles. The number of benzene rings is 3. The minimum absolute atomic E-state index is 0.0832. The Bertz CT molecular complexity index is 1430. The van der Waals surface area contributed by atoms with E-state index in [4.69, 9.17) is 0 Å². The fraction of sp³-hybridized carbons (Fsp3) is 0.276. The minimum atomic E-state index is -1.38.